The summed E-state index contributed by atoms with van der Waals surface area (Å²) in [5.74, 6) is 0.203. The minimum atomic E-state index is -0.204. The first-order valence-corrected chi connectivity index (χ1v) is 8.48. The van der Waals surface area contributed by atoms with Crippen LogP contribution < -0.4 is 0 Å². The molecule has 0 aromatic heterocycles. The molecule has 0 N–H and O–H groups in total. The van der Waals surface area contributed by atoms with Gasteiger partial charge in [-0.15, -0.1) is 0 Å². The summed E-state index contributed by atoms with van der Waals surface area (Å²) < 4.78 is 1.04. The molecule has 1 aliphatic rings. The maximum atomic E-state index is 12.9. The highest BCUT2D eigenvalue weighted by atomic mass is 79.9. The molecule has 1 unspecified atom stereocenters. The third kappa shape index (κ3) is 4.07. The van der Waals surface area contributed by atoms with Crippen molar-refractivity contribution in [1.29, 1.82) is 0 Å². The van der Waals surface area contributed by atoms with Gasteiger partial charge in [-0.25, -0.2) is 0 Å². The molecular weight excluding hydrogens is 328 g/mol. The van der Waals surface area contributed by atoms with Crippen molar-refractivity contribution in [3.63, 3.8) is 0 Å². The summed E-state index contributed by atoms with van der Waals surface area (Å²) >= 11 is 3.45. The highest BCUT2D eigenvalue weighted by molar-refractivity contribution is 9.10. The Bertz CT molecular complexity index is 466. The summed E-state index contributed by atoms with van der Waals surface area (Å²) in [5.41, 5.74) is 1.05. The topological polar surface area (TPSA) is 23.6 Å². The fourth-order valence-electron chi connectivity index (χ4n) is 3.15. The number of amides is 1. The molecule has 1 fully saturated rings. The highest BCUT2D eigenvalue weighted by Gasteiger charge is 2.30. The van der Waals surface area contributed by atoms with Crippen LogP contribution in [0.5, 0.6) is 0 Å². The van der Waals surface area contributed by atoms with E-state index in [4.69, 9.17) is 0 Å². The zero-order valence-corrected chi connectivity index (χ0v) is 14.8. The molecule has 1 aromatic rings. The van der Waals surface area contributed by atoms with Crippen LogP contribution in [0.15, 0.2) is 28.7 Å². The molecule has 21 heavy (non-hydrogen) atoms. The van der Waals surface area contributed by atoms with E-state index in [0.717, 1.165) is 22.9 Å². The third-order valence-corrected chi connectivity index (χ3v) is 4.93. The molecule has 116 valence electrons. The Morgan fingerprint density at radius 2 is 1.67 bits per heavy atom. The second kappa shape index (κ2) is 7.41. The van der Waals surface area contributed by atoms with Crippen molar-refractivity contribution < 1.29 is 4.79 Å². The van der Waals surface area contributed by atoms with E-state index >= 15 is 0 Å². The monoisotopic (exact) mass is 352 g/mol. The van der Waals surface area contributed by atoms with E-state index in [-0.39, 0.29) is 11.9 Å². The first-order chi connectivity index (χ1) is 10.0. The van der Waals surface area contributed by atoms with Gasteiger partial charge in [-0.1, -0.05) is 47.3 Å². The Morgan fingerprint density at radius 1 is 1.10 bits per heavy atom. The smallest absolute Gasteiger partial charge is 0.244 e. The first-order valence-electron chi connectivity index (χ1n) is 7.69. The Kier molecular flexibility index (Phi) is 5.82. The van der Waals surface area contributed by atoms with Crippen LogP contribution in [0.3, 0.4) is 0 Å². The van der Waals surface area contributed by atoms with E-state index in [1.807, 2.05) is 55.2 Å². The van der Waals surface area contributed by atoms with E-state index < -0.39 is 0 Å². The van der Waals surface area contributed by atoms with Gasteiger partial charge in [-0.05, 0) is 44.6 Å². The number of benzene rings is 1. The molecule has 1 aliphatic carbocycles. The lowest BCUT2D eigenvalue weighted by Gasteiger charge is -2.35. The lowest BCUT2D eigenvalue weighted by molar-refractivity contribution is -0.137. The van der Waals surface area contributed by atoms with E-state index in [0.29, 0.717) is 6.04 Å². The van der Waals surface area contributed by atoms with Crippen LogP contribution in [0.4, 0.5) is 0 Å². The lowest BCUT2D eigenvalue weighted by atomic mass is 9.93. The first kappa shape index (κ1) is 16.5. The van der Waals surface area contributed by atoms with Gasteiger partial charge in [-0.3, -0.25) is 9.69 Å². The van der Waals surface area contributed by atoms with Crippen LogP contribution in [0.2, 0.25) is 0 Å². The minimum absolute atomic E-state index is 0.203. The molecule has 0 spiro atoms. The van der Waals surface area contributed by atoms with Crippen molar-refractivity contribution in [3.05, 3.63) is 34.3 Å². The molecule has 1 aromatic carbocycles. The van der Waals surface area contributed by atoms with E-state index in [1.54, 1.807) is 0 Å². The summed E-state index contributed by atoms with van der Waals surface area (Å²) in [5, 5.41) is 0. The Morgan fingerprint density at radius 3 is 2.19 bits per heavy atom. The van der Waals surface area contributed by atoms with Gasteiger partial charge in [0.05, 0.1) is 0 Å². The molecule has 0 radical (unpaired) electrons. The number of likely N-dealkylation sites (N-methyl/N-ethyl adjacent to an activating group) is 2. The van der Waals surface area contributed by atoms with E-state index in [2.05, 4.69) is 15.9 Å². The molecule has 0 heterocycles. The average Bonchev–Trinajstić information content (AvgIpc) is 2.49. The highest BCUT2D eigenvalue weighted by Crippen LogP contribution is 2.27. The van der Waals surface area contributed by atoms with Crippen LogP contribution in [-0.4, -0.2) is 42.9 Å². The molecular formula is C17H25BrN2O. The molecule has 0 aliphatic heterocycles. The maximum absolute atomic E-state index is 12.9. The summed E-state index contributed by atoms with van der Waals surface area (Å²) in [7, 11) is 5.91. The fraction of sp³-hybridized carbons (Fsp3) is 0.588. The normalized spacial score (nSPS) is 17.8. The molecule has 2 rings (SSSR count). The Labute approximate surface area is 136 Å². The van der Waals surface area contributed by atoms with Crippen molar-refractivity contribution in [2.24, 2.45) is 0 Å². The number of carbonyl (C=O) groups excluding carboxylic acids is 1. The number of rotatable bonds is 4. The van der Waals surface area contributed by atoms with Crippen LogP contribution in [0.25, 0.3) is 0 Å². The van der Waals surface area contributed by atoms with Crippen LogP contribution >= 0.6 is 15.9 Å². The largest absolute Gasteiger partial charge is 0.341 e. The number of halogens is 1. The van der Waals surface area contributed by atoms with Gasteiger partial charge in [0.25, 0.3) is 0 Å². The molecule has 4 heteroatoms. The molecule has 1 atom stereocenters. The predicted molar refractivity (Wildman–Crippen MR) is 90.2 cm³/mol. The fourth-order valence-corrected chi connectivity index (χ4v) is 3.41. The average molecular weight is 353 g/mol. The van der Waals surface area contributed by atoms with Crippen molar-refractivity contribution in [2.75, 3.05) is 21.1 Å². The minimum Gasteiger partial charge on any atom is -0.341 e. The Balaban J connectivity index is 2.16. The summed E-state index contributed by atoms with van der Waals surface area (Å²) in [6.45, 7) is 0. The van der Waals surface area contributed by atoms with Crippen LogP contribution in [-0.2, 0) is 4.79 Å². The summed E-state index contributed by atoms with van der Waals surface area (Å²) in [6.07, 6.45) is 6.08. The lowest BCUT2D eigenvalue weighted by Crippen LogP contribution is -2.44. The third-order valence-electron chi connectivity index (χ3n) is 4.41. The van der Waals surface area contributed by atoms with Gasteiger partial charge < -0.3 is 4.90 Å². The molecule has 0 bridgehead atoms. The van der Waals surface area contributed by atoms with Crippen molar-refractivity contribution in [3.8, 4) is 0 Å². The van der Waals surface area contributed by atoms with Gasteiger partial charge in [0.15, 0.2) is 0 Å². The van der Waals surface area contributed by atoms with Gasteiger partial charge in [0.1, 0.15) is 6.04 Å². The maximum Gasteiger partial charge on any atom is 0.244 e. The zero-order chi connectivity index (χ0) is 15.4. The number of carbonyl (C=O) groups is 1. The second-order valence-electron chi connectivity index (χ2n) is 6.16. The van der Waals surface area contributed by atoms with E-state index in [9.17, 15) is 4.79 Å². The van der Waals surface area contributed by atoms with Gasteiger partial charge in [0.2, 0.25) is 5.91 Å². The summed E-state index contributed by atoms with van der Waals surface area (Å²) in [4.78, 5) is 16.9. The quantitative estimate of drug-likeness (QED) is 0.821. The number of nitrogens with zero attached hydrogens (tertiary/aromatic N) is 2. The van der Waals surface area contributed by atoms with Crippen LogP contribution in [0.1, 0.15) is 43.7 Å². The van der Waals surface area contributed by atoms with Gasteiger partial charge in [-0.2, -0.15) is 0 Å². The number of hydrogen-bond donors (Lipinski definition) is 0. The predicted octanol–water partition coefficient (Wildman–Crippen LogP) is 3.84. The van der Waals surface area contributed by atoms with Crippen LogP contribution in [0, 0.1) is 0 Å². The molecule has 3 nitrogen and oxygen atoms in total. The van der Waals surface area contributed by atoms with Crippen molar-refractivity contribution >= 4 is 21.8 Å². The second-order valence-corrected chi connectivity index (χ2v) is 7.07. The molecule has 1 saturated carbocycles. The standard InChI is InChI=1S/C17H25BrN2O/c1-19(2)16(13-9-11-14(18)12-10-13)17(21)20(3)15-7-5-4-6-8-15/h9-12,15-16H,4-8H2,1-3H3. The SMILES string of the molecule is CN(C)C(C(=O)N(C)C1CCCCC1)c1ccc(Br)cc1. The van der Waals surface area contributed by atoms with Gasteiger partial charge in [0, 0.05) is 17.6 Å². The number of hydrogen-bond acceptors (Lipinski definition) is 2. The van der Waals surface area contributed by atoms with Crippen molar-refractivity contribution in [2.45, 2.75) is 44.2 Å². The van der Waals surface area contributed by atoms with Gasteiger partial charge >= 0.3 is 0 Å². The zero-order valence-electron chi connectivity index (χ0n) is 13.2. The van der Waals surface area contributed by atoms with Crippen molar-refractivity contribution in [1.82, 2.24) is 9.80 Å². The Hall–Kier alpha value is -0.870. The summed E-state index contributed by atoms with van der Waals surface area (Å²) in [6, 6.07) is 8.26. The molecule has 1 amide bonds. The van der Waals surface area contributed by atoms with E-state index in [1.165, 1.54) is 19.3 Å². The molecule has 0 saturated heterocycles.